The van der Waals surface area contributed by atoms with Crippen molar-refractivity contribution in [2.75, 3.05) is 92.9 Å². The normalized spacial score (nSPS) is 18.9. The predicted octanol–water partition coefficient (Wildman–Crippen LogP) is 1.52. The third kappa shape index (κ3) is 14.0. The molecule has 2 aliphatic rings. The van der Waals surface area contributed by atoms with Crippen LogP contribution in [0.1, 0.15) is 48.5 Å². The van der Waals surface area contributed by atoms with Crippen LogP contribution in [0.4, 0.5) is 13.6 Å². The minimum absolute atomic E-state index is 0.000128. The fourth-order valence-corrected chi connectivity index (χ4v) is 5.31. The number of carbonyl (C=O) groups excluding carboxylic acids is 2. The van der Waals surface area contributed by atoms with Crippen molar-refractivity contribution in [1.82, 2.24) is 24.5 Å². The molecule has 0 unspecified atom stereocenters. The number of ether oxygens (including phenoxy) is 2. The number of amides is 3. The first-order valence-corrected chi connectivity index (χ1v) is 14.9. The van der Waals surface area contributed by atoms with Gasteiger partial charge in [0.1, 0.15) is 23.4 Å². The molecule has 43 heavy (non-hydrogen) atoms. The lowest BCUT2D eigenvalue weighted by Gasteiger charge is -2.42. The summed E-state index contributed by atoms with van der Waals surface area (Å²) in [4.78, 5) is 45.1. The Bertz CT molecular complexity index is 876. The van der Waals surface area contributed by atoms with E-state index in [1.807, 2.05) is 9.80 Å². The maximum atomic E-state index is 13.8. The van der Waals surface area contributed by atoms with Crippen LogP contribution in [0.3, 0.4) is 0 Å². The molecule has 14 heteroatoms. The number of nitrogens with zero attached hydrogens (tertiary/aromatic N) is 5. The fourth-order valence-electron chi connectivity index (χ4n) is 5.31. The number of halogens is 2. The molecule has 12 nitrogen and oxygen atoms in total. The summed E-state index contributed by atoms with van der Waals surface area (Å²) in [7, 11) is 2.97. The first kappa shape index (κ1) is 38.9. The van der Waals surface area contributed by atoms with Crippen LogP contribution in [-0.4, -0.2) is 169 Å². The van der Waals surface area contributed by atoms with Crippen molar-refractivity contribution in [2.45, 2.75) is 77.4 Å². The van der Waals surface area contributed by atoms with Crippen molar-refractivity contribution in [3.8, 4) is 0 Å². The summed E-state index contributed by atoms with van der Waals surface area (Å²) in [5.41, 5.74) is 2.50. The van der Waals surface area contributed by atoms with E-state index < -0.39 is 35.1 Å². The van der Waals surface area contributed by atoms with Crippen molar-refractivity contribution < 1.29 is 37.7 Å². The maximum absolute atomic E-state index is 13.8. The van der Waals surface area contributed by atoms with Crippen molar-refractivity contribution in [3.05, 3.63) is 0 Å². The summed E-state index contributed by atoms with van der Waals surface area (Å²) in [5.74, 6) is -0.352. The molecule has 0 bridgehead atoms. The molecule has 0 aromatic carbocycles. The average Bonchev–Trinajstić information content (AvgIpc) is 2.86. The van der Waals surface area contributed by atoms with Crippen LogP contribution in [-0.2, 0) is 19.1 Å². The second-order valence-electron chi connectivity index (χ2n) is 13.5. The maximum Gasteiger partial charge on any atom is 0.408 e. The molecule has 2 saturated heterocycles. The Kier molecular flexibility index (Phi) is 15.2. The molecular weight excluding hydrogens is 566 g/mol. The van der Waals surface area contributed by atoms with Gasteiger partial charge in [0.25, 0.3) is 0 Å². The van der Waals surface area contributed by atoms with Gasteiger partial charge in [-0.1, -0.05) is 0 Å². The van der Waals surface area contributed by atoms with Crippen LogP contribution in [0.5, 0.6) is 0 Å². The lowest BCUT2D eigenvalue weighted by Crippen LogP contribution is -2.61. The van der Waals surface area contributed by atoms with Crippen molar-refractivity contribution >= 4 is 17.9 Å². The first-order chi connectivity index (χ1) is 19.7. The van der Waals surface area contributed by atoms with E-state index in [0.29, 0.717) is 65.4 Å². The topological polar surface area (TPSA) is 132 Å². The van der Waals surface area contributed by atoms with Crippen LogP contribution in [0.15, 0.2) is 0 Å². The van der Waals surface area contributed by atoms with E-state index in [2.05, 4.69) is 0 Å². The Hall–Kier alpha value is -2.13. The molecule has 0 aromatic rings. The Morgan fingerprint density at radius 3 is 1.42 bits per heavy atom. The molecule has 2 heterocycles. The SMILES string of the molecule is COC[C@@H](C(=O)N1CCN(CC(C)(C)F)CC1)N(C(=O)O)C(C)(C)C.COC[C@H](N)C(=O)N1CCN(CC(C)(C)F)CC1. The van der Waals surface area contributed by atoms with Gasteiger partial charge in [0, 0.05) is 85.2 Å². The third-order valence-electron chi connectivity index (χ3n) is 7.08. The van der Waals surface area contributed by atoms with Crippen molar-refractivity contribution in [2.24, 2.45) is 5.73 Å². The van der Waals surface area contributed by atoms with Gasteiger partial charge in [-0.2, -0.15) is 0 Å². The zero-order valence-electron chi connectivity index (χ0n) is 27.7. The van der Waals surface area contributed by atoms with Gasteiger partial charge in [-0.25, -0.2) is 13.6 Å². The molecule has 252 valence electrons. The molecule has 2 aliphatic heterocycles. The van der Waals surface area contributed by atoms with Gasteiger partial charge in [0.2, 0.25) is 11.8 Å². The third-order valence-corrected chi connectivity index (χ3v) is 7.08. The van der Waals surface area contributed by atoms with E-state index in [9.17, 15) is 28.3 Å². The van der Waals surface area contributed by atoms with E-state index in [1.165, 1.54) is 28.1 Å². The highest BCUT2D eigenvalue weighted by molar-refractivity contribution is 5.86. The lowest BCUT2D eigenvalue weighted by molar-refractivity contribution is -0.142. The van der Waals surface area contributed by atoms with Crippen LogP contribution in [0.25, 0.3) is 0 Å². The molecule has 0 saturated carbocycles. The summed E-state index contributed by atoms with van der Waals surface area (Å²) < 4.78 is 37.3. The first-order valence-electron chi connectivity index (χ1n) is 14.9. The quantitative estimate of drug-likeness (QED) is 0.352. The number of rotatable bonds is 11. The second kappa shape index (κ2) is 16.8. The second-order valence-corrected chi connectivity index (χ2v) is 13.5. The highest BCUT2D eigenvalue weighted by Gasteiger charge is 2.40. The Balaban J connectivity index is 0.000000453. The smallest absolute Gasteiger partial charge is 0.408 e. The summed E-state index contributed by atoms with van der Waals surface area (Å²) >= 11 is 0. The largest absolute Gasteiger partial charge is 0.465 e. The van der Waals surface area contributed by atoms with Crippen molar-refractivity contribution in [1.29, 1.82) is 0 Å². The highest BCUT2D eigenvalue weighted by atomic mass is 19.1. The molecule has 0 aliphatic carbocycles. The van der Waals surface area contributed by atoms with E-state index in [-0.39, 0.29) is 25.0 Å². The fraction of sp³-hybridized carbons (Fsp3) is 0.897. The molecule has 0 spiro atoms. The van der Waals surface area contributed by atoms with E-state index in [1.54, 1.807) is 44.4 Å². The monoisotopic (exact) mass is 622 g/mol. The molecule has 2 atom stereocenters. The van der Waals surface area contributed by atoms with Crippen LogP contribution >= 0.6 is 0 Å². The lowest BCUT2D eigenvalue weighted by atomic mass is 10.0. The Labute approximate surface area is 256 Å². The summed E-state index contributed by atoms with van der Waals surface area (Å²) in [6.45, 7) is 17.0. The molecule has 3 amide bonds. The number of carboxylic acid groups (broad SMARTS) is 1. The summed E-state index contributed by atoms with van der Waals surface area (Å²) in [5, 5.41) is 9.57. The van der Waals surface area contributed by atoms with E-state index >= 15 is 0 Å². The average molecular weight is 623 g/mol. The van der Waals surface area contributed by atoms with Gasteiger partial charge in [0.05, 0.1) is 13.2 Å². The minimum atomic E-state index is -1.28. The summed E-state index contributed by atoms with van der Waals surface area (Å²) in [6, 6.07) is -1.49. The molecule has 2 fully saturated rings. The van der Waals surface area contributed by atoms with Crippen LogP contribution < -0.4 is 5.73 Å². The number of carbonyl (C=O) groups is 3. The van der Waals surface area contributed by atoms with E-state index in [0.717, 1.165) is 4.90 Å². The zero-order chi connectivity index (χ0) is 33.2. The van der Waals surface area contributed by atoms with Crippen molar-refractivity contribution in [3.63, 3.8) is 0 Å². The molecule has 2 rings (SSSR count). The van der Waals surface area contributed by atoms with Gasteiger partial charge in [-0.05, 0) is 48.5 Å². The number of hydrogen-bond donors (Lipinski definition) is 2. The molecule has 0 radical (unpaired) electrons. The number of nitrogens with two attached hydrogens (primary N) is 1. The van der Waals surface area contributed by atoms with Gasteiger partial charge < -0.3 is 30.1 Å². The molecule has 3 N–H and O–H groups in total. The standard InChI is InChI=1S/C17H32FN3O4.C12H24FN3O2/c1-16(2,3)21(15(23)24)13(11-25-6)14(22)20-9-7-19(8-10-20)12-17(4,5)18;1-12(2,13)9-15-4-6-16(7-5-15)11(17)10(14)8-18-3/h13H,7-12H2,1-6H3,(H,23,24);10H,4-9,14H2,1-3H3/t13-;10-/m00/s1. The molecule has 0 aromatic heterocycles. The molecular formula is C29H56F2N6O6. The summed E-state index contributed by atoms with van der Waals surface area (Å²) in [6.07, 6.45) is -1.15. The van der Waals surface area contributed by atoms with E-state index in [4.69, 9.17) is 15.2 Å². The van der Waals surface area contributed by atoms with Gasteiger partial charge in [-0.15, -0.1) is 0 Å². The number of alkyl halides is 2. The zero-order valence-corrected chi connectivity index (χ0v) is 27.7. The van der Waals surface area contributed by atoms with Crippen LogP contribution in [0, 0.1) is 0 Å². The minimum Gasteiger partial charge on any atom is -0.465 e. The van der Waals surface area contributed by atoms with Gasteiger partial charge >= 0.3 is 6.09 Å². The predicted molar refractivity (Wildman–Crippen MR) is 162 cm³/mol. The highest BCUT2D eigenvalue weighted by Crippen LogP contribution is 2.21. The number of hydrogen-bond acceptors (Lipinski definition) is 8. The number of methoxy groups -OCH3 is 2. The van der Waals surface area contributed by atoms with Crippen LogP contribution in [0.2, 0.25) is 0 Å². The van der Waals surface area contributed by atoms with Gasteiger partial charge in [-0.3, -0.25) is 24.3 Å². The Morgan fingerprint density at radius 2 is 1.12 bits per heavy atom. The number of piperazine rings is 2. The van der Waals surface area contributed by atoms with Gasteiger partial charge in [0.15, 0.2) is 0 Å². The Morgan fingerprint density at radius 1 is 0.744 bits per heavy atom.